The summed E-state index contributed by atoms with van der Waals surface area (Å²) in [5.41, 5.74) is 4.35. The molecule has 2 fully saturated rings. The van der Waals surface area contributed by atoms with Crippen LogP contribution in [0.25, 0.3) is 22.3 Å². The summed E-state index contributed by atoms with van der Waals surface area (Å²) in [6.45, 7) is 2.30. The molecule has 1 aromatic carbocycles. The molecule has 1 saturated carbocycles. The third-order valence-corrected chi connectivity index (χ3v) is 6.31. The van der Waals surface area contributed by atoms with E-state index < -0.39 is 6.09 Å². The number of carbonyl (C=O) groups is 1. The van der Waals surface area contributed by atoms with Gasteiger partial charge in [0.1, 0.15) is 0 Å². The predicted octanol–water partition coefficient (Wildman–Crippen LogP) is 3.32. The molecule has 0 radical (unpaired) electrons. The Bertz CT molecular complexity index is 1210. The van der Waals surface area contributed by atoms with Crippen molar-refractivity contribution in [2.45, 2.75) is 18.9 Å². The highest BCUT2D eigenvalue weighted by Crippen LogP contribution is 2.38. The van der Waals surface area contributed by atoms with Crippen LogP contribution >= 0.6 is 0 Å². The molecule has 1 saturated heterocycles. The van der Waals surface area contributed by atoms with Gasteiger partial charge in [0.05, 0.1) is 41.2 Å². The largest absolute Gasteiger partial charge is 0.465 e. The lowest BCUT2D eigenvalue weighted by molar-refractivity contribution is 0.142. The topological polar surface area (TPSA) is 111 Å². The van der Waals surface area contributed by atoms with Gasteiger partial charge < -0.3 is 14.9 Å². The van der Waals surface area contributed by atoms with E-state index in [1.807, 2.05) is 47.4 Å². The Hall–Kier alpha value is -3.93. The van der Waals surface area contributed by atoms with E-state index in [-0.39, 0.29) is 0 Å². The van der Waals surface area contributed by atoms with Crippen LogP contribution in [0.5, 0.6) is 0 Å². The molecule has 2 aliphatic rings. The number of piperazine rings is 1. The van der Waals surface area contributed by atoms with Gasteiger partial charge in [-0.2, -0.15) is 10.4 Å². The van der Waals surface area contributed by atoms with E-state index >= 15 is 0 Å². The van der Waals surface area contributed by atoms with Crippen molar-refractivity contribution >= 4 is 22.8 Å². The molecule has 3 heterocycles. The fourth-order valence-corrected chi connectivity index (χ4v) is 4.34. The van der Waals surface area contributed by atoms with Crippen molar-refractivity contribution in [3.8, 4) is 17.3 Å². The third-order valence-electron chi connectivity index (χ3n) is 6.31. The first-order chi connectivity index (χ1) is 15.6. The Balaban J connectivity index is 1.32. The molecule has 162 valence electrons. The summed E-state index contributed by atoms with van der Waals surface area (Å²) in [6, 6.07) is 8.38. The summed E-state index contributed by atoms with van der Waals surface area (Å²) in [4.78, 5) is 24.1. The third kappa shape index (κ3) is 3.87. The lowest BCUT2D eigenvalue weighted by Crippen LogP contribution is -2.48. The molecule has 1 N–H and O–H groups in total. The van der Waals surface area contributed by atoms with E-state index in [0.717, 1.165) is 40.8 Å². The maximum absolute atomic E-state index is 11.1. The Morgan fingerprint density at radius 2 is 1.97 bits per heavy atom. The molecule has 0 bridgehead atoms. The van der Waals surface area contributed by atoms with Crippen LogP contribution in [0, 0.1) is 17.2 Å². The second-order valence-electron chi connectivity index (χ2n) is 8.27. The van der Waals surface area contributed by atoms with Gasteiger partial charge in [0.25, 0.3) is 0 Å². The Morgan fingerprint density at radius 3 is 2.72 bits per heavy atom. The van der Waals surface area contributed by atoms with Gasteiger partial charge in [-0.15, -0.1) is 0 Å². The van der Waals surface area contributed by atoms with Gasteiger partial charge in [0.15, 0.2) is 0 Å². The van der Waals surface area contributed by atoms with Gasteiger partial charge in [-0.1, -0.05) is 6.08 Å². The smallest absolute Gasteiger partial charge is 0.407 e. The number of fused-ring (bicyclic) bond motifs is 1. The number of carboxylic acid groups (broad SMARTS) is 1. The number of nitriles is 1. The van der Waals surface area contributed by atoms with Crippen molar-refractivity contribution in [1.82, 2.24) is 24.6 Å². The van der Waals surface area contributed by atoms with Crippen LogP contribution in [0.1, 0.15) is 18.9 Å². The molecule has 9 nitrogen and oxygen atoms in total. The molecule has 3 aromatic rings. The molecule has 1 aliphatic carbocycles. The van der Waals surface area contributed by atoms with Crippen molar-refractivity contribution < 1.29 is 9.90 Å². The molecule has 0 atom stereocenters. The van der Waals surface area contributed by atoms with Crippen LogP contribution in [0.2, 0.25) is 0 Å². The summed E-state index contributed by atoms with van der Waals surface area (Å²) in [5, 5.41) is 22.3. The van der Waals surface area contributed by atoms with Crippen molar-refractivity contribution in [1.29, 1.82) is 5.26 Å². The van der Waals surface area contributed by atoms with E-state index in [2.05, 4.69) is 15.0 Å². The maximum Gasteiger partial charge on any atom is 0.407 e. The fourth-order valence-electron chi connectivity index (χ4n) is 4.34. The molecule has 2 aromatic heterocycles. The maximum atomic E-state index is 11.1. The molecule has 9 heteroatoms. The van der Waals surface area contributed by atoms with Gasteiger partial charge in [0.2, 0.25) is 0 Å². The predicted molar refractivity (Wildman–Crippen MR) is 119 cm³/mol. The second kappa shape index (κ2) is 8.30. The standard InChI is InChI=1S/C23H23N7O2/c24-5-1-2-16-10-19(11-16)30-15-17(13-26-30)22-14-25-20-4-3-18(12-21(20)27-22)28-6-8-29(9-7-28)23(31)32/h1-4,12-16,19H,6-11H2,(H,31,32)/b2-1+. The average Bonchev–Trinajstić information content (AvgIpc) is 3.27. The number of hydrogen-bond acceptors (Lipinski definition) is 6. The zero-order valence-electron chi connectivity index (χ0n) is 17.5. The highest BCUT2D eigenvalue weighted by atomic mass is 16.4. The minimum Gasteiger partial charge on any atom is -0.465 e. The second-order valence-corrected chi connectivity index (χ2v) is 8.27. The summed E-state index contributed by atoms with van der Waals surface area (Å²) >= 11 is 0. The van der Waals surface area contributed by atoms with Crippen molar-refractivity contribution in [3.05, 3.63) is 48.9 Å². The van der Waals surface area contributed by atoms with E-state index in [1.165, 1.54) is 4.90 Å². The summed E-state index contributed by atoms with van der Waals surface area (Å²) in [6.07, 6.45) is 10.2. The molecule has 0 spiro atoms. The van der Waals surface area contributed by atoms with Crippen molar-refractivity contribution in [2.24, 2.45) is 5.92 Å². The van der Waals surface area contributed by atoms with E-state index in [0.29, 0.717) is 38.1 Å². The number of rotatable bonds is 4. The van der Waals surface area contributed by atoms with E-state index in [4.69, 9.17) is 15.4 Å². The number of hydrogen-bond donors (Lipinski definition) is 1. The highest BCUT2D eigenvalue weighted by Gasteiger charge is 2.29. The molecule has 0 unspecified atom stereocenters. The summed E-state index contributed by atoms with van der Waals surface area (Å²) in [7, 11) is 0. The normalized spacial score (nSPS) is 21.0. The lowest BCUT2D eigenvalue weighted by atomic mass is 9.80. The molecule has 5 rings (SSSR count). The first kappa shape index (κ1) is 20.0. The number of allylic oxidation sites excluding steroid dienone is 2. The molecule has 1 amide bonds. The van der Waals surface area contributed by atoms with Crippen LogP contribution in [0.4, 0.5) is 10.5 Å². The van der Waals surface area contributed by atoms with Gasteiger partial charge in [-0.25, -0.2) is 9.78 Å². The SMILES string of the molecule is N#C/C=C/C1CC(n2cc(-c3cnc4ccc(N5CCN(C(=O)O)CC5)cc4n3)cn2)C1. The number of anilines is 1. The summed E-state index contributed by atoms with van der Waals surface area (Å²) in [5.74, 6) is 0.448. The first-order valence-corrected chi connectivity index (χ1v) is 10.7. The Labute approximate surface area is 185 Å². The lowest BCUT2D eigenvalue weighted by Gasteiger charge is -2.34. The number of nitrogens with zero attached hydrogens (tertiary/aromatic N) is 7. The number of aromatic nitrogens is 4. The highest BCUT2D eigenvalue weighted by molar-refractivity contribution is 5.81. The first-order valence-electron chi connectivity index (χ1n) is 10.7. The molecule has 32 heavy (non-hydrogen) atoms. The van der Waals surface area contributed by atoms with Crippen molar-refractivity contribution in [3.63, 3.8) is 0 Å². The van der Waals surface area contributed by atoms with Crippen LogP contribution in [-0.2, 0) is 0 Å². The number of amides is 1. The minimum absolute atomic E-state index is 0.349. The van der Waals surface area contributed by atoms with Crippen LogP contribution < -0.4 is 4.90 Å². The van der Waals surface area contributed by atoms with Gasteiger partial charge >= 0.3 is 6.09 Å². The minimum atomic E-state index is -0.865. The Kier molecular flexibility index (Phi) is 5.19. The van der Waals surface area contributed by atoms with E-state index in [9.17, 15) is 4.79 Å². The van der Waals surface area contributed by atoms with Gasteiger partial charge in [-0.05, 0) is 37.0 Å². The Morgan fingerprint density at radius 1 is 1.16 bits per heavy atom. The number of benzene rings is 1. The molecule has 1 aliphatic heterocycles. The van der Waals surface area contributed by atoms with Gasteiger partial charge in [-0.3, -0.25) is 9.67 Å². The summed E-state index contributed by atoms with van der Waals surface area (Å²) < 4.78 is 1.98. The average molecular weight is 429 g/mol. The molecular formula is C23H23N7O2. The van der Waals surface area contributed by atoms with Crippen LogP contribution in [0.3, 0.4) is 0 Å². The quantitative estimate of drug-likeness (QED) is 0.633. The zero-order chi connectivity index (χ0) is 22.1. The van der Waals surface area contributed by atoms with Crippen LogP contribution in [-0.4, -0.2) is 62.0 Å². The molecular weight excluding hydrogens is 406 g/mol. The fraction of sp³-hybridized carbons (Fsp3) is 0.348. The van der Waals surface area contributed by atoms with Crippen molar-refractivity contribution in [2.75, 3.05) is 31.1 Å². The van der Waals surface area contributed by atoms with Gasteiger partial charge in [0, 0.05) is 49.7 Å². The van der Waals surface area contributed by atoms with E-state index in [1.54, 1.807) is 12.3 Å². The van der Waals surface area contributed by atoms with Crippen LogP contribution in [0.15, 0.2) is 48.9 Å². The monoisotopic (exact) mass is 429 g/mol. The zero-order valence-corrected chi connectivity index (χ0v) is 17.5.